The molecule has 0 heterocycles. The third kappa shape index (κ3) is 4.31. The fourth-order valence-corrected chi connectivity index (χ4v) is 6.14. The number of benzene rings is 1. The lowest BCUT2D eigenvalue weighted by Gasteiger charge is -2.55. The Morgan fingerprint density at radius 1 is 1.19 bits per heavy atom. The molecule has 0 spiro atoms. The number of hydrogen-bond acceptors (Lipinski definition) is 6. The number of carbonyl (C=O) groups excluding carboxylic acids is 2. The summed E-state index contributed by atoms with van der Waals surface area (Å²) in [6, 6.07) is 0.932. The van der Waals surface area contributed by atoms with Crippen LogP contribution in [0.4, 0.5) is 24.5 Å². The van der Waals surface area contributed by atoms with E-state index in [9.17, 15) is 32.9 Å². The van der Waals surface area contributed by atoms with Crippen molar-refractivity contribution in [3.63, 3.8) is 0 Å². The molecule has 0 unspecified atom stereocenters. The van der Waals surface area contributed by atoms with E-state index < -0.39 is 39.8 Å². The maximum atomic E-state index is 13.0. The molecule has 0 amide bonds. The molecule has 7 nitrogen and oxygen atoms in total. The number of halogens is 3. The van der Waals surface area contributed by atoms with Crippen molar-refractivity contribution < 1.29 is 32.4 Å². The molecule has 4 aliphatic carbocycles. The van der Waals surface area contributed by atoms with Crippen molar-refractivity contribution in [1.82, 2.24) is 0 Å². The number of nitro benzene ring substituents is 1. The molecule has 32 heavy (non-hydrogen) atoms. The van der Waals surface area contributed by atoms with Crippen LogP contribution in [0.25, 0.3) is 0 Å². The number of ketones is 1. The molecule has 1 atom stereocenters. The van der Waals surface area contributed by atoms with Crippen molar-refractivity contribution >= 4 is 23.1 Å². The first-order valence-corrected chi connectivity index (χ1v) is 10.8. The van der Waals surface area contributed by atoms with Crippen molar-refractivity contribution in [3.05, 3.63) is 33.9 Å². The van der Waals surface area contributed by atoms with Crippen molar-refractivity contribution in [2.24, 2.45) is 23.2 Å². The van der Waals surface area contributed by atoms with Crippen LogP contribution in [0.5, 0.6) is 0 Å². The lowest BCUT2D eigenvalue weighted by atomic mass is 9.48. The molecule has 4 aliphatic rings. The van der Waals surface area contributed by atoms with Gasteiger partial charge in [0.05, 0.1) is 10.5 Å². The second-order valence-electron chi connectivity index (χ2n) is 9.58. The van der Waals surface area contributed by atoms with Gasteiger partial charge in [-0.3, -0.25) is 14.9 Å². The number of hydrogen-bond donors (Lipinski definition) is 1. The number of anilines is 1. The zero-order chi connectivity index (χ0) is 23.3. The third-order valence-electron chi connectivity index (χ3n) is 7.22. The average Bonchev–Trinajstić information content (AvgIpc) is 2.69. The number of nitrogens with zero attached hydrogens (tertiary/aromatic N) is 1. The highest BCUT2D eigenvalue weighted by Gasteiger charge is 2.54. The van der Waals surface area contributed by atoms with Gasteiger partial charge in [0.1, 0.15) is 11.7 Å². The fourth-order valence-electron chi connectivity index (χ4n) is 6.14. The zero-order valence-electron chi connectivity index (χ0n) is 17.6. The smallest absolute Gasteiger partial charge is 0.416 e. The van der Waals surface area contributed by atoms with Crippen molar-refractivity contribution in [2.75, 3.05) is 11.9 Å². The van der Waals surface area contributed by atoms with E-state index in [2.05, 4.69) is 5.32 Å². The molecular formula is C22H25F3N2O5. The summed E-state index contributed by atoms with van der Waals surface area (Å²) >= 11 is 0. The van der Waals surface area contributed by atoms with Crippen LogP contribution in [-0.4, -0.2) is 29.3 Å². The summed E-state index contributed by atoms with van der Waals surface area (Å²) in [6.07, 6.45) is 1.35. The average molecular weight is 454 g/mol. The number of carbonyl (C=O) groups is 2. The summed E-state index contributed by atoms with van der Waals surface area (Å²) in [5.74, 6) is 0.847. The second kappa shape index (κ2) is 8.04. The molecule has 10 heteroatoms. The molecule has 4 bridgehead atoms. The van der Waals surface area contributed by atoms with Crippen LogP contribution < -0.4 is 5.32 Å². The lowest BCUT2D eigenvalue weighted by molar-refractivity contribution is -0.384. The Hall–Kier alpha value is -2.65. The van der Waals surface area contributed by atoms with E-state index in [1.165, 1.54) is 26.2 Å². The first-order valence-electron chi connectivity index (χ1n) is 10.8. The van der Waals surface area contributed by atoms with Gasteiger partial charge in [-0.2, -0.15) is 13.2 Å². The van der Waals surface area contributed by atoms with Gasteiger partial charge in [0, 0.05) is 11.5 Å². The number of alkyl halides is 3. The Morgan fingerprint density at radius 2 is 1.75 bits per heavy atom. The summed E-state index contributed by atoms with van der Waals surface area (Å²) in [6.45, 7) is 1.02. The normalized spacial score (nSPS) is 29.4. The van der Waals surface area contributed by atoms with Gasteiger partial charge in [-0.1, -0.05) is 0 Å². The predicted octanol–water partition coefficient (Wildman–Crippen LogP) is 4.74. The molecule has 1 aromatic rings. The highest BCUT2D eigenvalue weighted by molar-refractivity contribution is 5.89. The van der Waals surface area contributed by atoms with Gasteiger partial charge < -0.3 is 10.1 Å². The Balaban J connectivity index is 1.37. The van der Waals surface area contributed by atoms with Crippen molar-refractivity contribution in [1.29, 1.82) is 0 Å². The predicted molar refractivity (Wildman–Crippen MR) is 108 cm³/mol. The summed E-state index contributed by atoms with van der Waals surface area (Å²) in [7, 11) is 0. The van der Waals surface area contributed by atoms with Gasteiger partial charge in [-0.05, 0) is 75.3 Å². The SMILES string of the molecule is C[C@H](Nc1ccc(C(F)(F)F)cc1[N+](=O)[O-])C(=O)OCC(=O)C12CC3CC(CC(C3)C1)C2. The maximum absolute atomic E-state index is 13.0. The minimum atomic E-state index is -4.73. The number of nitro groups is 1. The minimum Gasteiger partial charge on any atom is -0.456 e. The van der Waals surface area contributed by atoms with Crippen LogP contribution in [0, 0.1) is 33.3 Å². The largest absolute Gasteiger partial charge is 0.456 e. The maximum Gasteiger partial charge on any atom is 0.416 e. The Kier molecular flexibility index (Phi) is 5.67. The van der Waals surface area contributed by atoms with E-state index in [1.54, 1.807) is 0 Å². The van der Waals surface area contributed by atoms with Gasteiger partial charge in [0.2, 0.25) is 0 Å². The zero-order valence-corrected chi connectivity index (χ0v) is 17.6. The molecule has 4 saturated carbocycles. The van der Waals surface area contributed by atoms with Crippen LogP contribution in [0.15, 0.2) is 18.2 Å². The van der Waals surface area contributed by atoms with Crippen LogP contribution in [0.3, 0.4) is 0 Å². The van der Waals surface area contributed by atoms with Crippen molar-refractivity contribution in [2.45, 2.75) is 57.7 Å². The minimum absolute atomic E-state index is 0.0716. The van der Waals surface area contributed by atoms with Crippen LogP contribution >= 0.6 is 0 Å². The summed E-state index contributed by atoms with van der Waals surface area (Å²) in [4.78, 5) is 35.6. The number of nitrogens with one attached hydrogen (secondary N) is 1. The van der Waals surface area contributed by atoms with E-state index >= 15 is 0 Å². The van der Waals surface area contributed by atoms with Crippen LogP contribution in [0.2, 0.25) is 0 Å². The molecule has 0 aliphatic heterocycles. The second-order valence-corrected chi connectivity index (χ2v) is 9.58. The lowest BCUT2D eigenvalue weighted by Crippen LogP contribution is -2.51. The molecule has 1 aromatic carbocycles. The summed E-state index contributed by atoms with van der Waals surface area (Å²) < 4.78 is 43.8. The number of Topliss-reactive ketones (excluding diaryl/α,β-unsaturated/α-hetero) is 1. The summed E-state index contributed by atoms with van der Waals surface area (Å²) in [5.41, 5.74) is -2.60. The molecule has 4 fully saturated rings. The number of ether oxygens (including phenoxy) is 1. The van der Waals surface area contributed by atoms with E-state index in [4.69, 9.17) is 4.74 Å². The fraction of sp³-hybridized carbons (Fsp3) is 0.636. The first kappa shape index (κ1) is 22.5. The van der Waals surface area contributed by atoms with Crippen LogP contribution in [-0.2, 0) is 20.5 Å². The highest BCUT2D eigenvalue weighted by atomic mass is 19.4. The van der Waals surface area contributed by atoms with Gasteiger partial charge in [0.15, 0.2) is 12.4 Å². The number of rotatable bonds is 7. The van der Waals surface area contributed by atoms with Gasteiger partial charge in [-0.15, -0.1) is 0 Å². The van der Waals surface area contributed by atoms with E-state index in [1.807, 2.05) is 0 Å². The molecule has 174 valence electrons. The molecule has 5 rings (SSSR count). The number of esters is 1. The van der Waals surface area contributed by atoms with E-state index in [-0.39, 0.29) is 18.1 Å². The Morgan fingerprint density at radius 3 is 2.25 bits per heavy atom. The Bertz CT molecular complexity index is 911. The molecule has 0 aromatic heterocycles. The van der Waals surface area contributed by atoms with Gasteiger partial charge in [-0.25, -0.2) is 4.79 Å². The monoisotopic (exact) mass is 454 g/mol. The quantitative estimate of drug-likeness (QED) is 0.363. The van der Waals surface area contributed by atoms with Crippen molar-refractivity contribution in [3.8, 4) is 0 Å². The first-order chi connectivity index (χ1) is 15.0. The van der Waals surface area contributed by atoms with Gasteiger partial charge in [0.25, 0.3) is 5.69 Å². The van der Waals surface area contributed by atoms with Crippen LogP contribution in [0.1, 0.15) is 51.0 Å². The highest BCUT2D eigenvalue weighted by Crippen LogP contribution is 2.60. The third-order valence-corrected chi connectivity index (χ3v) is 7.22. The summed E-state index contributed by atoms with van der Waals surface area (Å²) in [5, 5.41) is 13.7. The standard InChI is InChI=1S/C22H25F3N2O5/c1-12(26-17-3-2-16(22(23,24)25)7-18(17)27(30)31)20(29)32-11-19(28)21-8-13-4-14(9-21)6-15(5-13)10-21/h2-3,7,12-15,26H,4-6,8-11H2,1H3/t12-,13?,14?,15?,21?/m0/s1. The Labute approximate surface area is 182 Å². The molecule has 1 N–H and O–H groups in total. The van der Waals surface area contributed by atoms with Gasteiger partial charge >= 0.3 is 12.1 Å². The molecular weight excluding hydrogens is 429 g/mol. The molecule has 0 radical (unpaired) electrons. The topological polar surface area (TPSA) is 98.5 Å². The van der Waals surface area contributed by atoms with E-state index in [0.717, 1.165) is 25.3 Å². The van der Waals surface area contributed by atoms with E-state index in [0.29, 0.717) is 29.9 Å². The molecule has 0 saturated heterocycles.